The molecule has 4 nitrogen and oxygen atoms in total. The average Bonchev–Trinajstić information content (AvgIpc) is 2.37. The van der Waals surface area contributed by atoms with E-state index in [1.54, 1.807) is 6.08 Å². The van der Waals surface area contributed by atoms with Crippen molar-refractivity contribution in [2.75, 3.05) is 0 Å². The molecule has 0 atom stereocenters. The highest BCUT2D eigenvalue weighted by atomic mass is 16.1. The Morgan fingerprint density at radius 1 is 1.00 bits per heavy atom. The van der Waals surface area contributed by atoms with Gasteiger partial charge in [-0.25, -0.2) is 0 Å². The smallest absolute Gasteiger partial charge is 0.119 e. The number of carbonyl (C=O) groups is 1. The van der Waals surface area contributed by atoms with Gasteiger partial charge in [0.05, 0.1) is 11.4 Å². The van der Waals surface area contributed by atoms with Gasteiger partial charge in [0.15, 0.2) is 0 Å². The van der Waals surface area contributed by atoms with Gasteiger partial charge in [-0.2, -0.15) is 0 Å². The highest BCUT2D eigenvalue weighted by Crippen LogP contribution is 2.17. The van der Waals surface area contributed by atoms with Gasteiger partial charge in [0, 0.05) is 6.42 Å². The van der Waals surface area contributed by atoms with Crippen molar-refractivity contribution >= 4 is 17.7 Å². The molecule has 0 fully saturated rings. The quantitative estimate of drug-likeness (QED) is 0.349. The van der Waals surface area contributed by atoms with Crippen LogP contribution in [-0.4, -0.2) is 17.7 Å². The first-order chi connectivity index (χ1) is 8.66. The summed E-state index contributed by atoms with van der Waals surface area (Å²) >= 11 is 0. The molecule has 0 amide bonds. The Balaban J connectivity index is 2.22. The third kappa shape index (κ3) is 4.28. The lowest BCUT2D eigenvalue weighted by atomic mass is 9.94. The molecule has 1 rings (SSSR count). The predicted molar refractivity (Wildman–Crippen MR) is 74.2 cm³/mol. The summed E-state index contributed by atoms with van der Waals surface area (Å²) in [5, 5.41) is 15.4. The highest BCUT2D eigenvalue weighted by Gasteiger charge is 2.15. The summed E-state index contributed by atoms with van der Waals surface area (Å²) in [4.78, 5) is 10.1. The monoisotopic (exact) mass is 247 g/mol. The van der Waals surface area contributed by atoms with Crippen LogP contribution in [0, 0.1) is 10.8 Å². The molecule has 0 aromatic heterocycles. The Kier molecular flexibility index (Phi) is 6.05. The fourth-order valence-corrected chi connectivity index (χ4v) is 1.94. The van der Waals surface area contributed by atoms with E-state index >= 15 is 0 Å². The largest absolute Gasteiger partial charge is 0.397 e. The molecule has 4 heteroatoms. The van der Waals surface area contributed by atoms with Crippen molar-refractivity contribution in [1.29, 1.82) is 10.8 Å². The molecular formula is C14H21N3O. The fraction of sp³-hybridized carbons (Fsp3) is 0.500. The molecule has 0 unspecified atom stereocenters. The van der Waals surface area contributed by atoms with Crippen molar-refractivity contribution in [3.8, 4) is 0 Å². The van der Waals surface area contributed by atoms with Crippen LogP contribution < -0.4 is 5.73 Å². The lowest BCUT2D eigenvalue weighted by Gasteiger charge is -2.14. The van der Waals surface area contributed by atoms with Gasteiger partial charge in [-0.05, 0) is 30.9 Å². The highest BCUT2D eigenvalue weighted by molar-refractivity contribution is 6.51. The number of hydrogen-bond donors (Lipinski definition) is 3. The second-order valence-electron chi connectivity index (χ2n) is 4.54. The molecule has 0 saturated heterocycles. The number of allylic oxidation sites excluding steroid dienone is 4. The van der Waals surface area contributed by atoms with Gasteiger partial charge in [-0.1, -0.05) is 25.3 Å². The third-order valence-corrected chi connectivity index (χ3v) is 3.09. The molecule has 18 heavy (non-hydrogen) atoms. The Morgan fingerprint density at radius 3 is 2.39 bits per heavy atom. The zero-order valence-corrected chi connectivity index (χ0v) is 10.7. The van der Waals surface area contributed by atoms with Crippen molar-refractivity contribution in [3.05, 3.63) is 23.4 Å². The van der Waals surface area contributed by atoms with Crippen LogP contribution in [0.4, 0.5) is 0 Å². The Labute approximate surface area is 108 Å². The van der Waals surface area contributed by atoms with Crippen LogP contribution in [0.15, 0.2) is 23.4 Å². The first kappa shape index (κ1) is 14.4. The fourth-order valence-electron chi connectivity index (χ4n) is 1.94. The van der Waals surface area contributed by atoms with Crippen molar-refractivity contribution < 1.29 is 4.79 Å². The van der Waals surface area contributed by atoms with Crippen LogP contribution in [0.5, 0.6) is 0 Å². The van der Waals surface area contributed by atoms with Gasteiger partial charge in [-0.15, -0.1) is 0 Å². The molecule has 98 valence electrons. The maximum atomic E-state index is 10.1. The number of nitrogens with two attached hydrogens (primary N) is 1. The standard InChI is InChI=1S/C14H21N3O/c15-12-9-8-11(13(16)14(12)17)7-5-3-1-2-4-6-10-18/h8-10,16-17H,1-7,15H2. The van der Waals surface area contributed by atoms with Gasteiger partial charge >= 0.3 is 0 Å². The second kappa shape index (κ2) is 7.58. The van der Waals surface area contributed by atoms with Crippen LogP contribution in [0.2, 0.25) is 0 Å². The second-order valence-corrected chi connectivity index (χ2v) is 4.54. The lowest BCUT2D eigenvalue weighted by molar-refractivity contribution is -0.107. The van der Waals surface area contributed by atoms with Crippen LogP contribution in [0.3, 0.4) is 0 Å². The minimum Gasteiger partial charge on any atom is -0.397 e. The SMILES string of the molecule is N=C1C(=N)C(CCCCCCCC=O)=CC=C1N. The number of aldehydes is 1. The van der Waals surface area contributed by atoms with E-state index < -0.39 is 0 Å². The molecule has 0 spiro atoms. The first-order valence-electron chi connectivity index (χ1n) is 6.45. The summed E-state index contributed by atoms with van der Waals surface area (Å²) in [6.45, 7) is 0. The van der Waals surface area contributed by atoms with Gasteiger partial charge < -0.3 is 10.5 Å². The summed E-state index contributed by atoms with van der Waals surface area (Å²) in [6, 6.07) is 0. The minimum atomic E-state index is 0.137. The number of unbranched alkanes of at least 4 members (excludes halogenated alkanes) is 5. The molecule has 0 aromatic carbocycles. The van der Waals surface area contributed by atoms with E-state index in [0.717, 1.165) is 50.4 Å². The molecule has 0 saturated carbocycles. The molecular weight excluding hydrogens is 226 g/mol. The summed E-state index contributed by atoms with van der Waals surface area (Å²) < 4.78 is 0. The van der Waals surface area contributed by atoms with E-state index in [1.165, 1.54) is 0 Å². The molecule has 1 aliphatic carbocycles. The van der Waals surface area contributed by atoms with Crippen LogP contribution in [0.25, 0.3) is 0 Å². The van der Waals surface area contributed by atoms with Gasteiger partial charge in [-0.3, -0.25) is 10.8 Å². The van der Waals surface area contributed by atoms with Crippen molar-refractivity contribution in [2.45, 2.75) is 44.9 Å². The van der Waals surface area contributed by atoms with E-state index in [0.29, 0.717) is 12.1 Å². The molecule has 0 bridgehead atoms. The first-order valence-corrected chi connectivity index (χ1v) is 6.45. The van der Waals surface area contributed by atoms with E-state index in [1.807, 2.05) is 6.08 Å². The molecule has 0 radical (unpaired) electrons. The molecule has 0 aromatic rings. The van der Waals surface area contributed by atoms with E-state index in [-0.39, 0.29) is 11.4 Å². The van der Waals surface area contributed by atoms with Crippen LogP contribution in [0.1, 0.15) is 44.9 Å². The van der Waals surface area contributed by atoms with E-state index in [2.05, 4.69) is 0 Å². The predicted octanol–water partition coefficient (Wildman–Crippen LogP) is 2.74. The van der Waals surface area contributed by atoms with Crippen LogP contribution >= 0.6 is 0 Å². The van der Waals surface area contributed by atoms with E-state index in [4.69, 9.17) is 16.6 Å². The Bertz CT molecular complexity index is 394. The van der Waals surface area contributed by atoms with Gasteiger partial charge in [0.2, 0.25) is 0 Å². The Morgan fingerprint density at radius 2 is 1.67 bits per heavy atom. The molecule has 1 aliphatic rings. The Hall–Kier alpha value is -1.71. The number of nitrogens with one attached hydrogen (secondary N) is 2. The number of hydrogen-bond acceptors (Lipinski definition) is 4. The van der Waals surface area contributed by atoms with Gasteiger partial charge in [0.1, 0.15) is 12.0 Å². The number of carbonyl (C=O) groups excluding carboxylic acids is 1. The third-order valence-electron chi connectivity index (χ3n) is 3.09. The molecule has 0 aliphatic heterocycles. The summed E-state index contributed by atoms with van der Waals surface area (Å²) in [5.74, 6) is 0. The van der Waals surface area contributed by atoms with Gasteiger partial charge in [0.25, 0.3) is 0 Å². The maximum absolute atomic E-state index is 10.1. The van der Waals surface area contributed by atoms with Crippen molar-refractivity contribution in [3.63, 3.8) is 0 Å². The van der Waals surface area contributed by atoms with Crippen molar-refractivity contribution in [1.82, 2.24) is 0 Å². The van der Waals surface area contributed by atoms with Crippen molar-refractivity contribution in [2.24, 2.45) is 5.73 Å². The van der Waals surface area contributed by atoms with Crippen LogP contribution in [-0.2, 0) is 4.79 Å². The maximum Gasteiger partial charge on any atom is 0.119 e. The molecule has 0 heterocycles. The summed E-state index contributed by atoms with van der Waals surface area (Å²) in [7, 11) is 0. The summed E-state index contributed by atoms with van der Waals surface area (Å²) in [6.07, 6.45) is 11.4. The minimum absolute atomic E-state index is 0.137. The zero-order valence-electron chi connectivity index (χ0n) is 10.7. The average molecular weight is 247 g/mol. The molecule has 4 N–H and O–H groups in total. The number of rotatable bonds is 8. The van der Waals surface area contributed by atoms with E-state index in [9.17, 15) is 4.79 Å². The summed E-state index contributed by atoms with van der Waals surface area (Å²) in [5.41, 5.74) is 7.25. The normalized spacial score (nSPS) is 15.3. The zero-order chi connectivity index (χ0) is 13.4. The lowest BCUT2D eigenvalue weighted by Crippen LogP contribution is -2.24. The topological polar surface area (TPSA) is 90.8 Å².